The van der Waals surface area contributed by atoms with E-state index in [0.717, 1.165) is 15.5 Å². The molecule has 0 radical (unpaired) electrons. The van der Waals surface area contributed by atoms with Gasteiger partial charge in [-0.25, -0.2) is 15.0 Å². The van der Waals surface area contributed by atoms with Crippen LogP contribution in [0.25, 0.3) is 33.1 Å². The molecule has 1 atom stereocenters. The Morgan fingerprint density at radius 3 is 2.72 bits per heavy atom. The molecule has 0 bridgehead atoms. The number of furan rings is 1. The van der Waals surface area contributed by atoms with Crippen LogP contribution in [0.2, 0.25) is 0 Å². The van der Waals surface area contributed by atoms with E-state index in [9.17, 15) is 8.78 Å². The minimum Gasteiger partial charge on any atom is -0.450 e. The first kappa shape index (κ1) is 17.5. The standard InChI is InChI=1S/C21H17F2N5O/c1-12(20-27-14-7-3-4-8-15(14)28(20)21(22)23)10-24-19-18-17(25-11-26-19)13-6-2-5-9-16(13)29-18/h2-9,11-12,21H,10H2,1H3,(H,24,25,26)/t12-/m1/s1. The van der Waals surface area contributed by atoms with Gasteiger partial charge in [0.15, 0.2) is 11.4 Å². The molecule has 6 nitrogen and oxygen atoms in total. The lowest BCUT2D eigenvalue weighted by Crippen LogP contribution is -2.16. The second-order valence-electron chi connectivity index (χ2n) is 6.89. The first-order valence-corrected chi connectivity index (χ1v) is 9.24. The second-order valence-corrected chi connectivity index (χ2v) is 6.89. The molecule has 0 saturated carbocycles. The van der Waals surface area contributed by atoms with Crippen molar-refractivity contribution in [2.75, 3.05) is 11.9 Å². The Labute approximate surface area is 164 Å². The number of rotatable bonds is 5. The van der Waals surface area contributed by atoms with E-state index in [0.29, 0.717) is 40.3 Å². The zero-order valence-corrected chi connectivity index (χ0v) is 15.5. The molecule has 0 aliphatic carbocycles. The summed E-state index contributed by atoms with van der Waals surface area (Å²) in [7, 11) is 0. The fraction of sp³-hybridized carbons (Fsp3) is 0.190. The summed E-state index contributed by atoms with van der Waals surface area (Å²) in [5, 5.41) is 4.12. The van der Waals surface area contributed by atoms with E-state index in [1.54, 1.807) is 24.3 Å². The summed E-state index contributed by atoms with van der Waals surface area (Å²) >= 11 is 0. The molecule has 0 saturated heterocycles. The van der Waals surface area contributed by atoms with Crippen molar-refractivity contribution in [3.8, 4) is 0 Å². The number of nitrogens with one attached hydrogen (secondary N) is 1. The smallest absolute Gasteiger partial charge is 0.320 e. The van der Waals surface area contributed by atoms with Crippen molar-refractivity contribution >= 4 is 38.9 Å². The zero-order chi connectivity index (χ0) is 20.0. The number of hydrogen-bond donors (Lipinski definition) is 1. The third-order valence-corrected chi connectivity index (χ3v) is 4.99. The van der Waals surface area contributed by atoms with Crippen LogP contribution in [-0.2, 0) is 0 Å². The highest BCUT2D eigenvalue weighted by atomic mass is 19.3. The molecule has 2 aromatic carbocycles. The molecule has 5 rings (SSSR count). The van der Waals surface area contributed by atoms with Crippen LogP contribution in [0, 0.1) is 0 Å². The zero-order valence-electron chi connectivity index (χ0n) is 15.5. The van der Waals surface area contributed by atoms with Gasteiger partial charge in [0.05, 0.1) is 11.0 Å². The van der Waals surface area contributed by atoms with Crippen LogP contribution in [0.15, 0.2) is 59.3 Å². The van der Waals surface area contributed by atoms with Crippen molar-refractivity contribution in [1.29, 1.82) is 0 Å². The molecular weight excluding hydrogens is 376 g/mol. The molecule has 3 heterocycles. The van der Waals surface area contributed by atoms with Gasteiger partial charge in [-0.05, 0) is 24.3 Å². The van der Waals surface area contributed by atoms with Gasteiger partial charge in [-0.15, -0.1) is 0 Å². The summed E-state index contributed by atoms with van der Waals surface area (Å²) in [4.78, 5) is 13.0. The number of alkyl halides is 2. The molecule has 8 heteroatoms. The van der Waals surface area contributed by atoms with E-state index >= 15 is 0 Å². The van der Waals surface area contributed by atoms with Gasteiger partial charge < -0.3 is 9.73 Å². The Morgan fingerprint density at radius 2 is 1.86 bits per heavy atom. The Hall–Kier alpha value is -3.55. The Kier molecular flexibility index (Phi) is 4.12. The molecular formula is C21H17F2N5O. The highest BCUT2D eigenvalue weighted by Crippen LogP contribution is 2.31. The first-order chi connectivity index (χ1) is 14.1. The fourth-order valence-electron chi connectivity index (χ4n) is 3.61. The molecule has 1 N–H and O–H groups in total. The van der Waals surface area contributed by atoms with Crippen LogP contribution in [0.1, 0.15) is 25.2 Å². The molecule has 5 aromatic rings. The maximum atomic E-state index is 13.7. The molecule has 146 valence electrons. The number of anilines is 1. The number of hydrogen-bond acceptors (Lipinski definition) is 5. The van der Waals surface area contributed by atoms with Crippen molar-refractivity contribution in [3.05, 3.63) is 60.7 Å². The third-order valence-electron chi connectivity index (χ3n) is 4.99. The van der Waals surface area contributed by atoms with Gasteiger partial charge >= 0.3 is 6.55 Å². The molecule has 0 aliphatic rings. The minimum atomic E-state index is -2.67. The van der Waals surface area contributed by atoms with Crippen molar-refractivity contribution in [2.24, 2.45) is 0 Å². The quantitative estimate of drug-likeness (QED) is 0.437. The average molecular weight is 393 g/mol. The van der Waals surface area contributed by atoms with E-state index in [4.69, 9.17) is 4.42 Å². The summed E-state index contributed by atoms with van der Waals surface area (Å²) in [6, 6.07) is 14.5. The van der Waals surface area contributed by atoms with Gasteiger partial charge in [0, 0.05) is 17.8 Å². The Balaban J connectivity index is 1.48. The number of para-hydroxylation sites is 3. The normalized spacial score (nSPS) is 13.0. The number of halogens is 2. The van der Waals surface area contributed by atoms with Crippen molar-refractivity contribution in [3.63, 3.8) is 0 Å². The fourth-order valence-corrected chi connectivity index (χ4v) is 3.61. The predicted octanol–water partition coefficient (Wildman–Crippen LogP) is 5.34. The van der Waals surface area contributed by atoms with Crippen LogP contribution < -0.4 is 5.32 Å². The van der Waals surface area contributed by atoms with Crippen LogP contribution >= 0.6 is 0 Å². The number of benzene rings is 2. The summed E-state index contributed by atoms with van der Waals surface area (Å²) in [6.07, 6.45) is 1.46. The summed E-state index contributed by atoms with van der Waals surface area (Å²) in [5.74, 6) is 0.562. The molecule has 0 amide bonds. The molecule has 0 unspecified atom stereocenters. The van der Waals surface area contributed by atoms with Gasteiger partial charge in [0.25, 0.3) is 0 Å². The van der Waals surface area contributed by atoms with E-state index in [2.05, 4.69) is 20.3 Å². The Morgan fingerprint density at radius 1 is 1.07 bits per heavy atom. The lowest BCUT2D eigenvalue weighted by atomic mass is 10.1. The predicted molar refractivity (Wildman–Crippen MR) is 107 cm³/mol. The van der Waals surface area contributed by atoms with Gasteiger partial charge in [0.1, 0.15) is 23.3 Å². The van der Waals surface area contributed by atoms with Gasteiger partial charge in [-0.2, -0.15) is 8.78 Å². The number of fused-ring (bicyclic) bond motifs is 4. The maximum Gasteiger partial charge on any atom is 0.320 e. The summed E-state index contributed by atoms with van der Waals surface area (Å²) in [5.41, 5.74) is 2.95. The monoisotopic (exact) mass is 393 g/mol. The number of imidazole rings is 1. The highest BCUT2D eigenvalue weighted by molar-refractivity contribution is 6.05. The topological polar surface area (TPSA) is 68.8 Å². The van der Waals surface area contributed by atoms with Crippen LogP contribution in [-0.4, -0.2) is 26.1 Å². The molecule has 0 spiro atoms. The Bertz CT molecular complexity index is 1330. The molecule has 0 fully saturated rings. The van der Waals surface area contributed by atoms with E-state index in [-0.39, 0.29) is 5.92 Å². The third kappa shape index (κ3) is 2.88. The van der Waals surface area contributed by atoms with E-state index in [1.165, 1.54) is 6.33 Å². The first-order valence-electron chi connectivity index (χ1n) is 9.24. The SMILES string of the molecule is C[C@H](CNc1ncnc2c1oc1ccccc12)c1nc2ccccc2n1C(F)F. The minimum absolute atomic E-state index is 0.286. The average Bonchev–Trinajstić information content (AvgIpc) is 3.31. The molecule has 3 aromatic heterocycles. The maximum absolute atomic E-state index is 13.7. The molecule has 0 aliphatic heterocycles. The van der Waals surface area contributed by atoms with Gasteiger partial charge in [0.2, 0.25) is 0 Å². The van der Waals surface area contributed by atoms with Crippen molar-refractivity contribution < 1.29 is 13.2 Å². The molecule has 29 heavy (non-hydrogen) atoms. The summed E-state index contributed by atoms with van der Waals surface area (Å²) in [6.45, 7) is -0.454. The van der Waals surface area contributed by atoms with E-state index in [1.807, 2.05) is 31.2 Å². The van der Waals surface area contributed by atoms with E-state index < -0.39 is 6.55 Å². The number of aromatic nitrogens is 4. The lowest BCUT2D eigenvalue weighted by Gasteiger charge is -2.15. The van der Waals surface area contributed by atoms with Crippen LogP contribution in [0.4, 0.5) is 14.6 Å². The van der Waals surface area contributed by atoms with Gasteiger partial charge in [-0.3, -0.25) is 4.57 Å². The highest BCUT2D eigenvalue weighted by Gasteiger charge is 2.22. The van der Waals surface area contributed by atoms with Crippen LogP contribution in [0.3, 0.4) is 0 Å². The second kappa shape index (κ2) is 6.80. The summed E-state index contributed by atoms with van der Waals surface area (Å²) < 4.78 is 34.3. The van der Waals surface area contributed by atoms with Crippen molar-refractivity contribution in [2.45, 2.75) is 19.4 Å². The van der Waals surface area contributed by atoms with Crippen molar-refractivity contribution in [1.82, 2.24) is 19.5 Å². The van der Waals surface area contributed by atoms with Crippen LogP contribution in [0.5, 0.6) is 0 Å². The van der Waals surface area contributed by atoms with Gasteiger partial charge in [-0.1, -0.05) is 31.2 Å². The number of nitrogens with zero attached hydrogens (tertiary/aromatic N) is 4. The largest absolute Gasteiger partial charge is 0.450 e. The lowest BCUT2D eigenvalue weighted by molar-refractivity contribution is 0.0706.